The van der Waals surface area contributed by atoms with E-state index >= 15 is 0 Å². The zero-order valence-electron chi connectivity index (χ0n) is 11.3. The maximum absolute atomic E-state index is 5.93. The van der Waals surface area contributed by atoms with E-state index in [1.165, 1.54) is 11.1 Å². The highest BCUT2D eigenvalue weighted by atomic mass is 16.5. The van der Waals surface area contributed by atoms with Gasteiger partial charge in [-0.25, -0.2) is 0 Å². The zero-order valence-corrected chi connectivity index (χ0v) is 11.3. The minimum Gasteiger partial charge on any atom is -0.380 e. The van der Waals surface area contributed by atoms with Crippen molar-refractivity contribution in [3.63, 3.8) is 0 Å². The summed E-state index contributed by atoms with van der Waals surface area (Å²) in [6.45, 7) is 4.22. The fourth-order valence-electron chi connectivity index (χ4n) is 2.13. The molecule has 0 aliphatic carbocycles. The first-order valence-electron chi connectivity index (χ1n) is 6.64. The van der Waals surface area contributed by atoms with Crippen LogP contribution in [0.4, 0.5) is 0 Å². The zero-order chi connectivity index (χ0) is 13.9. The molecular formula is C14H17N3O3. The highest BCUT2D eigenvalue weighted by molar-refractivity contribution is 5.56. The van der Waals surface area contributed by atoms with Gasteiger partial charge in [0, 0.05) is 12.2 Å². The predicted molar refractivity (Wildman–Crippen MR) is 71.6 cm³/mol. The number of hydrogen-bond donors (Lipinski definition) is 1. The Labute approximate surface area is 116 Å². The first-order chi connectivity index (χ1) is 9.78. The molecule has 20 heavy (non-hydrogen) atoms. The molecule has 0 fully saturated rings. The fraction of sp³-hybridized carbons (Fsp3) is 0.429. The second-order valence-corrected chi connectivity index (χ2v) is 4.70. The van der Waals surface area contributed by atoms with Crippen molar-refractivity contribution < 1.29 is 14.0 Å². The normalized spacial score (nSPS) is 15.3. The van der Waals surface area contributed by atoms with Crippen molar-refractivity contribution in [1.82, 2.24) is 10.1 Å². The predicted octanol–water partition coefficient (Wildman–Crippen LogP) is 1.80. The summed E-state index contributed by atoms with van der Waals surface area (Å²) in [5.74, 6) is 0.937. The van der Waals surface area contributed by atoms with Crippen LogP contribution in [0.25, 0.3) is 11.5 Å². The van der Waals surface area contributed by atoms with E-state index in [0.29, 0.717) is 38.1 Å². The smallest absolute Gasteiger partial charge is 0.257 e. The van der Waals surface area contributed by atoms with Gasteiger partial charge in [-0.2, -0.15) is 4.98 Å². The monoisotopic (exact) mass is 275 g/mol. The maximum Gasteiger partial charge on any atom is 0.257 e. The number of ether oxygens (including phenoxy) is 2. The number of nitrogens with zero attached hydrogens (tertiary/aromatic N) is 2. The van der Waals surface area contributed by atoms with E-state index in [1.54, 1.807) is 0 Å². The SMILES string of the molecule is CCOCC(N)c1noc(-c2ccc3c(c2)COC3)n1. The van der Waals surface area contributed by atoms with Crippen LogP contribution in [0.2, 0.25) is 0 Å². The molecule has 0 spiro atoms. The average Bonchev–Trinajstić information content (AvgIpc) is 3.12. The largest absolute Gasteiger partial charge is 0.380 e. The lowest BCUT2D eigenvalue weighted by molar-refractivity contribution is 0.130. The first-order valence-corrected chi connectivity index (χ1v) is 6.64. The summed E-state index contributed by atoms with van der Waals surface area (Å²) in [6, 6.07) is 5.64. The van der Waals surface area contributed by atoms with Gasteiger partial charge in [-0.3, -0.25) is 0 Å². The Kier molecular flexibility index (Phi) is 3.77. The van der Waals surface area contributed by atoms with Crippen molar-refractivity contribution in [2.24, 2.45) is 5.73 Å². The van der Waals surface area contributed by atoms with Crippen molar-refractivity contribution in [3.05, 3.63) is 35.2 Å². The number of benzene rings is 1. The topological polar surface area (TPSA) is 83.4 Å². The molecule has 2 heterocycles. The molecule has 1 aliphatic rings. The average molecular weight is 275 g/mol. The Morgan fingerprint density at radius 1 is 1.35 bits per heavy atom. The van der Waals surface area contributed by atoms with Gasteiger partial charge >= 0.3 is 0 Å². The Balaban J connectivity index is 1.79. The molecule has 0 radical (unpaired) electrons. The number of aromatic nitrogens is 2. The van der Waals surface area contributed by atoms with Crippen molar-refractivity contribution in [1.29, 1.82) is 0 Å². The van der Waals surface area contributed by atoms with Gasteiger partial charge in [-0.15, -0.1) is 0 Å². The molecule has 2 aromatic rings. The summed E-state index contributed by atoms with van der Waals surface area (Å²) in [6.07, 6.45) is 0. The Bertz CT molecular complexity index is 597. The van der Waals surface area contributed by atoms with Gasteiger partial charge in [-0.05, 0) is 30.2 Å². The molecule has 1 unspecified atom stereocenters. The van der Waals surface area contributed by atoms with Crippen LogP contribution in [0.15, 0.2) is 22.7 Å². The molecule has 106 valence electrons. The van der Waals surface area contributed by atoms with Gasteiger partial charge in [0.1, 0.15) is 0 Å². The summed E-state index contributed by atoms with van der Waals surface area (Å²) in [4.78, 5) is 4.34. The standard InChI is InChI=1S/C14H17N3O3/c1-2-18-8-12(15)13-16-14(20-17-13)9-3-4-10-6-19-7-11(10)5-9/h3-5,12H,2,6-8,15H2,1H3. The Morgan fingerprint density at radius 2 is 2.20 bits per heavy atom. The summed E-state index contributed by atoms with van der Waals surface area (Å²) < 4.78 is 15.9. The minimum absolute atomic E-state index is 0.370. The summed E-state index contributed by atoms with van der Waals surface area (Å²) >= 11 is 0. The van der Waals surface area contributed by atoms with Crippen LogP contribution in [0.3, 0.4) is 0 Å². The van der Waals surface area contributed by atoms with Gasteiger partial charge in [-0.1, -0.05) is 11.2 Å². The molecule has 1 atom stereocenters. The third-order valence-electron chi connectivity index (χ3n) is 3.24. The molecule has 1 aromatic heterocycles. The first kappa shape index (κ1) is 13.2. The highest BCUT2D eigenvalue weighted by Gasteiger charge is 2.17. The van der Waals surface area contributed by atoms with E-state index in [4.69, 9.17) is 19.7 Å². The number of nitrogens with two attached hydrogens (primary N) is 1. The van der Waals surface area contributed by atoms with Crippen LogP contribution < -0.4 is 5.73 Å². The van der Waals surface area contributed by atoms with E-state index in [-0.39, 0.29) is 6.04 Å². The molecule has 1 aliphatic heterocycles. The van der Waals surface area contributed by atoms with Crippen LogP contribution in [0.1, 0.15) is 29.9 Å². The van der Waals surface area contributed by atoms with E-state index in [1.807, 2.05) is 25.1 Å². The maximum atomic E-state index is 5.93. The van der Waals surface area contributed by atoms with Gasteiger partial charge < -0.3 is 19.7 Å². The van der Waals surface area contributed by atoms with Crippen molar-refractivity contribution in [2.45, 2.75) is 26.2 Å². The van der Waals surface area contributed by atoms with Gasteiger partial charge in [0.05, 0.1) is 25.9 Å². The lowest BCUT2D eigenvalue weighted by Gasteiger charge is -2.05. The van der Waals surface area contributed by atoms with Crippen LogP contribution in [-0.2, 0) is 22.7 Å². The third kappa shape index (κ3) is 2.58. The highest BCUT2D eigenvalue weighted by Crippen LogP contribution is 2.26. The lowest BCUT2D eigenvalue weighted by Crippen LogP contribution is -2.18. The van der Waals surface area contributed by atoms with Crippen LogP contribution in [0, 0.1) is 0 Å². The molecule has 0 amide bonds. The Morgan fingerprint density at radius 3 is 3.05 bits per heavy atom. The van der Waals surface area contributed by atoms with Crippen molar-refractivity contribution in [3.8, 4) is 11.5 Å². The summed E-state index contributed by atoms with van der Waals surface area (Å²) in [5, 5.41) is 3.92. The van der Waals surface area contributed by atoms with E-state index in [9.17, 15) is 0 Å². The second-order valence-electron chi connectivity index (χ2n) is 4.70. The van der Waals surface area contributed by atoms with Crippen molar-refractivity contribution in [2.75, 3.05) is 13.2 Å². The van der Waals surface area contributed by atoms with Gasteiger partial charge in [0.15, 0.2) is 5.82 Å². The summed E-state index contributed by atoms with van der Waals surface area (Å²) in [5.41, 5.74) is 9.20. The molecule has 3 rings (SSSR count). The minimum atomic E-state index is -0.370. The molecule has 6 nitrogen and oxygen atoms in total. The molecule has 0 saturated carbocycles. The Hall–Kier alpha value is -1.76. The van der Waals surface area contributed by atoms with E-state index in [2.05, 4.69) is 10.1 Å². The van der Waals surface area contributed by atoms with Crippen LogP contribution in [0.5, 0.6) is 0 Å². The molecule has 0 saturated heterocycles. The fourth-order valence-corrected chi connectivity index (χ4v) is 2.13. The number of rotatable bonds is 5. The number of fused-ring (bicyclic) bond motifs is 1. The molecule has 1 aromatic carbocycles. The lowest BCUT2D eigenvalue weighted by atomic mass is 10.1. The van der Waals surface area contributed by atoms with Crippen molar-refractivity contribution >= 4 is 0 Å². The molecule has 2 N–H and O–H groups in total. The summed E-state index contributed by atoms with van der Waals surface area (Å²) in [7, 11) is 0. The van der Waals surface area contributed by atoms with E-state index in [0.717, 1.165) is 5.56 Å². The van der Waals surface area contributed by atoms with Crippen LogP contribution in [-0.4, -0.2) is 23.4 Å². The van der Waals surface area contributed by atoms with Crippen LogP contribution >= 0.6 is 0 Å². The molecular weight excluding hydrogens is 258 g/mol. The van der Waals surface area contributed by atoms with Gasteiger partial charge in [0.25, 0.3) is 5.89 Å². The molecule has 6 heteroatoms. The molecule has 0 bridgehead atoms. The number of hydrogen-bond acceptors (Lipinski definition) is 6. The quantitative estimate of drug-likeness (QED) is 0.895. The second kappa shape index (κ2) is 5.70. The van der Waals surface area contributed by atoms with Gasteiger partial charge in [0.2, 0.25) is 0 Å². The van der Waals surface area contributed by atoms with E-state index < -0.39 is 0 Å². The third-order valence-corrected chi connectivity index (χ3v) is 3.24.